The number of rotatable bonds is 5. The minimum atomic E-state index is -0.502. The largest absolute Gasteiger partial charge is 0.470 e. The molecule has 3 heterocycles. The van der Waals surface area contributed by atoms with E-state index in [0.717, 1.165) is 0 Å². The Morgan fingerprint density at radius 2 is 2.22 bits per heavy atom. The van der Waals surface area contributed by atoms with Crippen LogP contribution in [0.1, 0.15) is 20.8 Å². The lowest BCUT2D eigenvalue weighted by molar-refractivity contribution is -0.0233. The van der Waals surface area contributed by atoms with E-state index in [9.17, 15) is 9.50 Å². The van der Waals surface area contributed by atoms with E-state index >= 15 is 0 Å². The zero-order valence-electron chi connectivity index (χ0n) is 15.9. The number of ether oxygens (including phenoxy) is 2. The van der Waals surface area contributed by atoms with Gasteiger partial charge in [-0.2, -0.15) is 0 Å². The van der Waals surface area contributed by atoms with Crippen LogP contribution in [0.25, 0.3) is 6.08 Å². The fourth-order valence-electron chi connectivity index (χ4n) is 4.10. The second-order valence-electron chi connectivity index (χ2n) is 7.65. The second kappa shape index (κ2) is 7.44. The Balaban J connectivity index is 1.53. The van der Waals surface area contributed by atoms with Crippen LogP contribution in [0.4, 0.5) is 4.39 Å². The molecule has 8 heteroatoms. The van der Waals surface area contributed by atoms with Crippen LogP contribution in [0.3, 0.4) is 0 Å². The molecule has 2 saturated heterocycles. The molecule has 148 valence electrons. The Morgan fingerprint density at radius 3 is 3.00 bits per heavy atom. The highest BCUT2D eigenvalue weighted by atomic mass is 19.1. The number of halogens is 1. The van der Waals surface area contributed by atoms with Crippen LogP contribution in [0.2, 0.25) is 0 Å². The van der Waals surface area contributed by atoms with Gasteiger partial charge < -0.3 is 14.6 Å². The van der Waals surface area contributed by atoms with Gasteiger partial charge in [0.05, 0.1) is 42.9 Å². The molecular formula is C19H27FN4O3. The molecule has 0 amide bonds. The van der Waals surface area contributed by atoms with Gasteiger partial charge in [-0.15, -0.1) is 0 Å². The number of nitrogens with one attached hydrogen (secondary N) is 2. The molecule has 4 rings (SSSR count). The highest BCUT2D eigenvalue weighted by molar-refractivity contribution is 5.38. The van der Waals surface area contributed by atoms with Gasteiger partial charge in [-0.05, 0) is 32.1 Å². The van der Waals surface area contributed by atoms with Gasteiger partial charge in [0.1, 0.15) is 0 Å². The first kappa shape index (κ1) is 18.8. The van der Waals surface area contributed by atoms with Gasteiger partial charge in [0.25, 0.3) is 0 Å². The van der Waals surface area contributed by atoms with Gasteiger partial charge in [0, 0.05) is 17.7 Å². The normalized spacial score (nSPS) is 33.7. The molecule has 3 N–H and O–H groups in total. The Morgan fingerprint density at radius 1 is 1.41 bits per heavy atom. The summed E-state index contributed by atoms with van der Waals surface area (Å²) in [4.78, 5) is 4.39. The molecule has 0 aliphatic carbocycles. The first-order chi connectivity index (χ1) is 12.9. The van der Waals surface area contributed by atoms with E-state index in [-0.39, 0.29) is 41.9 Å². The fraction of sp³-hybridized carbons (Fsp3) is 0.632. The Hall–Kier alpha value is -1.58. The van der Waals surface area contributed by atoms with Gasteiger partial charge in [0.2, 0.25) is 0 Å². The molecule has 27 heavy (non-hydrogen) atoms. The van der Waals surface area contributed by atoms with Crippen molar-refractivity contribution >= 4 is 6.08 Å². The van der Waals surface area contributed by atoms with Gasteiger partial charge in [0.15, 0.2) is 17.8 Å². The maximum atomic E-state index is 14.9. The lowest BCUT2D eigenvalue weighted by atomic mass is 9.99. The third-order valence-corrected chi connectivity index (χ3v) is 5.43. The molecule has 1 aromatic rings. The number of hydrogen-bond acceptors (Lipinski definition) is 7. The summed E-state index contributed by atoms with van der Waals surface area (Å²) in [5.74, 6) is 0.0161. The molecule has 7 nitrogen and oxygen atoms in total. The molecule has 0 spiro atoms. The Kier molecular flexibility index (Phi) is 5.17. The zero-order valence-corrected chi connectivity index (χ0v) is 15.9. The third-order valence-electron chi connectivity index (χ3n) is 5.43. The summed E-state index contributed by atoms with van der Waals surface area (Å²) in [5, 5.41) is 16.0. The second-order valence-corrected chi connectivity index (χ2v) is 7.65. The molecule has 6 atom stereocenters. The van der Waals surface area contributed by atoms with E-state index in [1.165, 1.54) is 0 Å². The van der Waals surface area contributed by atoms with Crippen LogP contribution in [0.15, 0.2) is 17.1 Å². The Bertz CT molecular complexity index is 818. The van der Waals surface area contributed by atoms with Crippen molar-refractivity contribution in [3.05, 3.63) is 28.5 Å². The van der Waals surface area contributed by atoms with Crippen molar-refractivity contribution < 1.29 is 19.0 Å². The summed E-state index contributed by atoms with van der Waals surface area (Å²) in [6.45, 7) is 7.25. The van der Waals surface area contributed by atoms with Crippen LogP contribution < -0.4 is 26.1 Å². The van der Waals surface area contributed by atoms with Crippen molar-refractivity contribution in [1.29, 1.82) is 0 Å². The van der Waals surface area contributed by atoms with Crippen molar-refractivity contribution in [3.63, 3.8) is 0 Å². The summed E-state index contributed by atoms with van der Waals surface area (Å²) >= 11 is 0. The third kappa shape index (κ3) is 3.60. The summed E-state index contributed by atoms with van der Waals surface area (Å²) in [6, 6.07) is 3.43. The van der Waals surface area contributed by atoms with E-state index in [4.69, 9.17) is 9.47 Å². The average molecular weight is 378 g/mol. The SMILES string of the molecule is C[C@H]1[C@H]2[C@@H](Oc3ccc4c(c3F)=C[C@H](C)N=4)NCNN2C[C@H]1OC[C@H](C)O. The molecule has 0 bridgehead atoms. The van der Waals surface area contributed by atoms with Crippen LogP contribution >= 0.6 is 0 Å². The number of aliphatic hydroxyl groups is 1. The van der Waals surface area contributed by atoms with Crippen LogP contribution in [-0.2, 0) is 4.74 Å². The molecule has 2 fully saturated rings. The van der Waals surface area contributed by atoms with Gasteiger partial charge >= 0.3 is 0 Å². The number of aliphatic hydroxyl groups excluding tert-OH is 1. The number of nitrogens with zero attached hydrogens (tertiary/aromatic N) is 2. The molecule has 3 aliphatic heterocycles. The van der Waals surface area contributed by atoms with E-state index in [1.54, 1.807) is 19.1 Å². The lowest BCUT2D eigenvalue weighted by Crippen LogP contribution is -2.64. The van der Waals surface area contributed by atoms with Crippen LogP contribution in [0, 0.1) is 11.7 Å². The van der Waals surface area contributed by atoms with Crippen molar-refractivity contribution in [3.8, 4) is 5.75 Å². The summed E-state index contributed by atoms with van der Waals surface area (Å²) in [7, 11) is 0. The topological polar surface area (TPSA) is 78.4 Å². The van der Waals surface area contributed by atoms with E-state index in [2.05, 4.69) is 27.7 Å². The molecule has 0 aromatic heterocycles. The van der Waals surface area contributed by atoms with Crippen molar-refractivity contribution in [2.45, 2.75) is 51.3 Å². The monoisotopic (exact) mass is 378 g/mol. The quantitative estimate of drug-likeness (QED) is 0.640. The van der Waals surface area contributed by atoms with Crippen molar-refractivity contribution in [2.24, 2.45) is 10.9 Å². The minimum Gasteiger partial charge on any atom is -0.470 e. The number of benzene rings is 1. The maximum absolute atomic E-state index is 14.9. The number of hydrazine groups is 1. The fourth-order valence-corrected chi connectivity index (χ4v) is 4.10. The predicted molar refractivity (Wildman–Crippen MR) is 97.7 cm³/mol. The first-order valence-electron chi connectivity index (χ1n) is 9.52. The maximum Gasteiger partial charge on any atom is 0.174 e. The molecule has 0 saturated carbocycles. The molecular weight excluding hydrogens is 351 g/mol. The molecule has 1 aromatic carbocycles. The molecule has 0 unspecified atom stereocenters. The minimum absolute atomic E-state index is 0.0149. The van der Waals surface area contributed by atoms with Gasteiger partial charge in [-0.3, -0.25) is 10.3 Å². The van der Waals surface area contributed by atoms with E-state index in [0.29, 0.717) is 30.4 Å². The van der Waals surface area contributed by atoms with E-state index in [1.807, 2.05) is 13.0 Å². The summed E-state index contributed by atoms with van der Waals surface area (Å²) in [5.41, 5.74) is 3.29. The predicted octanol–water partition coefficient (Wildman–Crippen LogP) is -0.516. The molecule has 0 radical (unpaired) electrons. The lowest BCUT2D eigenvalue weighted by Gasteiger charge is -2.39. The highest BCUT2D eigenvalue weighted by Gasteiger charge is 2.47. The van der Waals surface area contributed by atoms with Crippen LogP contribution in [-0.4, -0.2) is 60.5 Å². The first-order valence-corrected chi connectivity index (χ1v) is 9.52. The number of hydrogen-bond donors (Lipinski definition) is 3. The van der Waals surface area contributed by atoms with Gasteiger partial charge in [-0.1, -0.05) is 6.92 Å². The smallest absolute Gasteiger partial charge is 0.174 e. The highest BCUT2D eigenvalue weighted by Crippen LogP contribution is 2.30. The van der Waals surface area contributed by atoms with Crippen molar-refractivity contribution in [1.82, 2.24) is 15.8 Å². The summed E-state index contributed by atoms with van der Waals surface area (Å²) < 4.78 is 26.8. The number of fused-ring (bicyclic) bond motifs is 2. The standard InChI is InChI=1S/C19H27FN4O3/c1-10-6-13-14(23-10)4-5-15(17(13)20)27-19-18-12(3)16(26-8-11(2)25)7-24(18)22-9-21-19/h4-6,10-12,16,18-19,21-22,25H,7-9H2,1-3H3/t10-,11-,12+,16+,18-,19+/m0/s1. The summed E-state index contributed by atoms with van der Waals surface area (Å²) in [6.07, 6.45) is 0.917. The van der Waals surface area contributed by atoms with Gasteiger partial charge in [-0.25, -0.2) is 14.8 Å². The Labute approximate surface area is 157 Å². The average Bonchev–Trinajstić information content (AvgIpc) is 3.16. The van der Waals surface area contributed by atoms with Crippen LogP contribution in [0.5, 0.6) is 5.75 Å². The zero-order chi connectivity index (χ0) is 19.1. The van der Waals surface area contributed by atoms with Crippen molar-refractivity contribution in [2.75, 3.05) is 19.8 Å². The molecule has 3 aliphatic rings. The van der Waals surface area contributed by atoms with E-state index < -0.39 is 6.10 Å².